The average molecular weight is 440 g/mol. The van der Waals surface area contributed by atoms with E-state index in [9.17, 15) is 14.4 Å². The van der Waals surface area contributed by atoms with Gasteiger partial charge in [0.2, 0.25) is 5.91 Å². The predicted molar refractivity (Wildman–Crippen MR) is 114 cm³/mol. The van der Waals surface area contributed by atoms with E-state index < -0.39 is 11.6 Å². The van der Waals surface area contributed by atoms with Gasteiger partial charge in [-0.2, -0.15) is 0 Å². The molecule has 0 aromatic heterocycles. The maximum Gasteiger partial charge on any atom is 0.308 e. The summed E-state index contributed by atoms with van der Waals surface area (Å²) >= 11 is 0. The molecule has 1 saturated heterocycles. The number of ether oxygens (including phenoxy) is 3. The summed E-state index contributed by atoms with van der Waals surface area (Å²) in [5.74, 6) is 0.587. The lowest BCUT2D eigenvalue weighted by Gasteiger charge is -2.73. The highest BCUT2D eigenvalue weighted by Gasteiger charge is 2.81. The van der Waals surface area contributed by atoms with Crippen molar-refractivity contribution in [1.29, 1.82) is 0 Å². The number of amides is 1. The highest BCUT2D eigenvalue weighted by Crippen LogP contribution is 2.76. The van der Waals surface area contributed by atoms with Gasteiger partial charge in [-0.3, -0.25) is 14.4 Å². The van der Waals surface area contributed by atoms with Gasteiger partial charge < -0.3 is 19.1 Å². The van der Waals surface area contributed by atoms with Crippen LogP contribution < -0.4 is 9.47 Å². The van der Waals surface area contributed by atoms with Gasteiger partial charge in [-0.05, 0) is 50.7 Å². The number of carbonyl (C=O) groups is 3. The molecular formula is C25H29NO6. The van der Waals surface area contributed by atoms with Crippen LogP contribution in [0.2, 0.25) is 0 Å². The summed E-state index contributed by atoms with van der Waals surface area (Å²) in [5.41, 5.74) is 0.938. The van der Waals surface area contributed by atoms with E-state index in [2.05, 4.69) is 0 Å². The van der Waals surface area contributed by atoms with Crippen LogP contribution in [0.15, 0.2) is 12.1 Å². The summed E-state index contributed by atoms with van der Waals surface area (Å²) in [6.07, 6.45) is 3.43. The Labute approximate surface area is 187 Å². The number of carbonyl (C=O) groups excluding carboxylic acids is 3. The number of piperidine rings is 1. The molecule has 6 atom stereocenters. The van der Waals surface area contributed by atoms with E-state index in [1.165, 1.54) is 6.92 Å². The molecule has 4 bridgehead atoms. The number of rotatable bonds is 3. The van der Waals surface area contributed by atoms with Gasteiger partial charge in [0.05, 0.1) is 5.92 Å². The Bertz CT molecular complexity index is 1080. The van der Waals surface area contributed by atoms with E-state index in [0.717, 1.165) is 30.4 Å². The molecule has 32 heavy (non-hydrogen) atoms. The Balaban J connectivity index is 1.66. The van der Waals surface area contributed by atoms with Crippen LogP contribution in [0.3, 0.4) is 0 Å². The third-order valence-electron chi connectivity index (χ3n) is 9.49. The molecule has 4 fully saturated rings. The number of hydrogen-bond acceptors (Lipinski definition) is 6. The highest BCUT2D eigenvalue weighted by atomic mass is 16.6. The van der Waals surface area contributed by atoms with Crippen molar-refractivity contribution < 1.29 is 28.6 Å². The largest absolute Gasteiger partial charge is 0.482 e. The molecule has 4 aliphatic carbocycles. The molecule has 7 rings (SSSR count). The Morgan fingerprint density at radius 3 is 2.56 bits per heavy atom. The second-order valence-electron chi connectivity index (χ2n) is 10.4. The van der Waals surface area contributed by atoms with Gasteiger partial charge in [-0.25, -0.2) is 0 Å². The number of esters is 1. The summed E-state index contributed by atoms with van der Waals surface area (Å²) in [4.78, 5) is 39.5. The van der Waals surface area contributed by atoms with Crippen molar-refractivity contribution in [2.24, 2.45) is 11.3 Å². The first-order valence-electron chi connectivity index (χ1n) is 11.6. The zero-order valence-electron chi connectivity index (χ0n) is 19.0. The Morgan fingerprint density at radius 1 is 1.12 bits per heavy atom. The van der Waals surface area contributed by atoms with E-state index in [1.54, 1.807) is 27.0 Å². The van der Waals surface area contributed by atoms with Crippen LogP contribution in [0.5, 0.6) is 11.5 Å². The second-order valence-corrected chi connectivity index (χ2v) is 10.4. The molecule has 0 radical (unpaired) electrons. The van der Waals surface area contributed by atoms with Crippen LogP contribution in [0.1, 0.15) is 57.6 Å². The molecule has 0 N–H and O–H groups in total. The van der Waals surface area contributed by atoms with Gasteiger partial charge in [0.15, 0.2) is 11.5 Å². The van der Waals surface area contributed by atoms with Crippen LogP contribution in [0.4, 0.5) is 0 Å². The number of benzene rings is 1. The van der Waals surface area contributed by atoms with E-state index in [-0.39, 0.29) is 40.6 Å². The van der Waals surface area contributed by atoms with E-state index >= 15 is 0 Å². The van der Waals surface area contributed by atoms with Gasteiger partial charge in [-0.1, -0.05) is 6.07 Å². The SMILES string of the molecule is CO[C@]12CC[C@@]3(C[C@@H]1C(C)=O)[C@H]1Cc4ccc(OC(C)=O)c5c4[C@@]3(CCN1C(C)=O)[C@H]2O5. The second kappa shape index (κ2) is 6.13. The van der Waals surface area contributed by atoms with Crippen molar-refractivity contribution in [3.63, 3.8) is 0 Å². The van der Waals surface area contributed by atoms with E-state index in [4.69, 9.17) is 14.2 Å². The monoisotopic (exact) mass is 439 g/mol. The highest BCUT2D eigenvalue weighted by molar-refractivity contribution is 5.82. The molecule has 1 amide bonds. The molecule has 7 nitrogen and oxygen atoms in total. The average Bonchev–Trinajstić information content (AvgIpc) is 3.11. The summed E-state index contributed by atoms with van der Waals surface area (Å²) in [6.45, 7) is 5.34. The van der Waals surface area contributed by atoms with Crippen molar-refractivity contribution in [3.8, 4) is 11.5 Å². The van der Waals surface area contributed by atoms with Crippen LogP contribution in [-0.2, 0) is 31.0 Å². The molecule has 2 spiro atoms. The third-order valence-corrected chi connectivity index (χ3v) is 9.49. The zero-order chi connectivity index (χ0) is 22.6. The Kier molecular flexibility index (Phi) is 3.87. The number of Topliss-reactive ketones (excluding diaryl/α,β-unsaturated/α-hetero) is 1. The van der Waals surface area contributed by atoms with Crippen LogP contribution in [-0.4, -0.2) is 54.0 Å². The minimum absolute atomic E-state index is 0.0230. The predicted octanol–water partition coefficient (Wildman–Crippen LogP) is 2.56. The third kappa shape index (κ3) is 2.01. The number of ketones is 1. The van der Waals surface area contributed by atoms with Crippen LogP contribution in [0, 0.1) is 11.3 Å². The van der Waals surface area contributed by atoms with Crippen molar-refractivity contribution >= 4 is 17.7 Å². The van der Waals surface area contributed by atoms with Gasteiger partial charge in [0.25, 0.3) is 0 Å². The quantitative estimate of drug-likeness (QED) is 0.532. The molecule has 2 aliphatic heterocycles. The van der Waals surface area contributed by atoms with Crippen molar-refractivity contribution in [3.05, 3.63) is 23.3 Å². The summed E-state index contributed by atoms with van der Waals surface area (Å²) in [7, 11) is 1.69. The molecule has 6 aliphatic rings. The standard InChI is InChI=1S/C25H29NO6/c1-13(27)17-12-23-7-8-25(17,30-4)22-24(23)9-10-26(14(2)28)19(23)11-16-5-6-18(31-15(3)29)21(32-22)20(16)24/h5-6,17,19,22H,7-12H2,1-4H3/t17-,19-,22-,23-,24+,25-/m1/s1. The summed E-state index contributed by atoms with van der Waals surface area (Å²) < 4.78 is 18.6. The molecule has 170 valence electrons. The smallest absolute Gasteiger partial charge is 0.308 e. The zero-order valence-corrected chi connectivity index (χ0v) is 19.0. The molecule has 1 aromatic rings. The molecule has 7 heteroatoms. The number of methoxy groups -OCH3 is 1. The van der Waals surface area contributed by atoms with Crippen molar-refractivity contribution in [1.82, 2.24) is 4.90 Å². The van der Waals surface area contributed by atoms with Crippen molar-refractivity contribution in [2.45, 2.75) is 76.0 Å². The first-order chi connectivity index (χ1) is 15.2. The normalized spacial score (nSPS) is 39.9. The maximum absolute atomic E-state index is 12.9. The van der Waals surface area contributed by atoms with E-state index in [0.29, 0.717) is 30.9 Å². The summed E-state index contributed by atoms with van der Waals surface area (Å²) in [5, 5.41) is 0. The maximum atomic E-state index is 12.9. The lowest BCUT2D eigenvalue weighted by atomic mass is 9.34. The molecular weight excluding hydrogens is 410 g/mol. The Hall–Kier alpha value is -2.41. The first-order valence-corrected chi connectivity index (χ1v) is 11.6. The fourth-order valence-electron chi connectivity index (χ4n) is 8.53. The Morgan fingerprint density at radius 2 is 1.91 bits per heavy atom. The number of fused-ring (bicyclic) bond motifs is 2. The molecule has 1 aromatic carbocycles. The first kappa shape index (κ1) is 20.2. The fraction of sp³-hybridized carbons (Fsp3) is 0.640. The van der Waals surface area contributed by atoms with Gasteiger partial charge in [-0.15, -0.1) is 0 Å². The number of likely N-dealkylation sites (tertiary alicyclic amines) is 1. The topological polar surface area (TPSA) is 82.1 Å². The van der Waals surface area contributed by atoms with Crippen molar-refractivity contribution in [2.75, 3.05) is 13.7 Å². The molecule has 3 saturated carbocycles. The van der Waals surface area contributed by atoms with Gasteiger partial charge in [0, 0.05) is 49.9 Å². The van der Waals surface area contributed by atoms with Crippen LogP contribution in [0.25, 0.3) is 0 Å². The van der Waals surface area contributed by atoms with Crippen LogP contribution >= 0.6 is 0 Å². The fourth-order valence-corrected chi connectivity index (χ4v) is 8.53. The molecule has 0 unspecified atom stereocenters. The minimum atomic E-state index is -0.725. The minimum Gasteiger partial charge on any atom is -0.482 e. The summed E-state index contributed by atoms with van der Waals surface area (Å²) in [6, 6.07) is 3.85. The number of nitrogens with zero attached hydrogens (tertiary/aromatic N) is 1. The number of hydrogen-bond donors (Lipinski definition) is 0. The lowest BCUT2D eigenvalue weighted by molar-refractivity contribution is -0.269. The van der Waals surface area contributed by atoms with Gasteiger partial charge >= 0.3 is 5.97 Å². The van der Waals surface area contributed by atoms with Gasteiger partial charge in [0.1, 0.15) is 17.5 Å². The lowest BCUT2D eigenvalue weighted by Crippen LogP contribution is -2.81. The molecule has 2 heterocycles. The van der Waals surface area contributed by atoms with E-state index in [1.807, 2.05) is 11.0 Å².